The number of nitro groups is 2. The van der Waals surface area contributed by atoms with Crippen LogP contribution >= 0.6 is 11.7 Å². The average Bonchev–Trinajstić information content (AvgIpc) is 3.96. The number of aromatic nitrogens is 2. The van der Waals surface area contributed by atoms with E-state index in [1.165, 1.54) is 0 Å². The Kier molecular flexibility index (Phi) is 14.0. The summed E-state index contributed by atoms with van der Waals surface area (Å²) in [5.74, 6) is 2.81. The second-order valence-electron chi connectivity index (χ2n) is 17.2. The van der Waals surface area contributed by atoms with Gasteiger partial charge in [-0.15, -0.1) is 0 Å². The lowest BCUT2D eigenvalue weighted by Gasteiger charge is -2.19. The summed E-state index contributed by atoms with van der Waals surface area (Å²) in [6, 6.07) is 65.6. The van der Waals surface area contributed by atoms with E-state index in [1.807, 2.05) is 182 Å². The van der Waals surface area contributed by atoms with E-state index in [0.717, 1.165) is 78.5 Å². The molecule has 368 valence electrons. The van der Waals surface area contributed by atoms with Crippen molar-refractivity contribution in [2.24, 2.45) is 0 Å². The average molecular weight is 1010 g/mol. The maximum Gasteiger partial charge on any atom is 0.356 e. The number of hydrogen-bond acceptors (Lipinski definition) is 11. The third-order valence-corrected chi connectivity index (χ3v) is 13.6. The lowest BCUT2D eigenvalue weighted by molar-refractivity contribution is -0.421. The Hall–Kier alpha value is -9.72. The molecule has 0 saturated carbocycles. The highest BCUT2D eigenvalue weighted by molar-refractivity contribution is 7.00. The number of benzene rings is 9. The highest BCUT2D eigenvalue weighted by Crippen LogP contribution is 2.50. The predicted molar refractivity (Wildman–Crippen MR) is 296 cm³/mol. The zero-order valence-electron chi connectivity index (χ0n) is 41.1. The molecular weight excluding hydrogens is 961 g/mol. The van der Waals surface area contributed by atoms with E-state index in [9.17, 15) is 20.2 Å². The summed E-state index contributed by atoms with van der Waals surface area (Å²) in [6.07, 6.45) is 0. The van der Waals surface area contributed by atoms with E-state index in [-0.39, 0.29) is 22.2 Å². The van der Waals surface area contributed by atoms with Crippen molar-refractivity contribution in [1.82, 2.24) is 8.75 Å². The lowest BCUT2D eigenvalue weighted by Crippen LogP contribution is -2.03. The molecule has 0 radical (unpaired) electrons. The van der Waals surface area contributed by atoms with Gasteiger partial charge in [0.25, 0.3) is 0 Å². The smallest absolute Gasteiger partial charge is 0.356 e. The minimum absolute atomic E-state index is 0.00364. The highest BCUT2D eigenvalue weighted by Gasteiger charge is 2.39. The number of hydrogen-bond donors (Lipinski definition) is 0. The largest absolute Gasteiger partial charge is 0.497 e. The van der Waals surface area contributed by atoms with Gasteiger partial charge < -0.3 is 18.9 Å². The fraction of sp³-hybridized carbons (Fsp3) is 0.0645. The minimum atomic E-state index is -0.689. The molecule has 1 heterocycles. The molecule has 10 rings (SSSR count). The van der Waals surface area contributed by atoms with Crippen molar-refractivity contribution < 1.29 is 28.8 Å². The maximum atomic E-state index is 13.5. The van der Waals surface area contributed by atoms with Crippen LogP contribution in [0.5, 0.6) is 23.0 Å². The minimum Gasteiger partial charge on any atom is -0.497 e. The summed E-state index contributed by atoms with van der Waals surface area (Å²) in [6.45, 7) is 0. The molecule has 0 fully saturated rings. The molecule has 0 aliphatic heterocycles. The second kappa shape index (κ2) is 21.6. The molecule has 10 aromatic rings. The van der Waals surface area contributed by atoms with Crippen molar-refractivity contribution in [2.75, 3.05) is 28.4 Å². The molecule has 0 aliphatic carbocycles. The van der Waals surface area contributed by atoms with Crippen molar-refractivity contribution in [1.29, 1.82) is 0 Å². The van der Waals surface area contributed by atoms with Gasteiger partial charge in [0.15, 0.2) is 0 Å². The monoisotopic (exact) mass is 1010 g/mol. The number of nitro benzene ring substituents is 2. The molecule has 0 atom stereocenters. The van der Waals surface area contributed by atoms with Gasteiger partial charge in [0.2, 0.25) is 0 Å². The van der Waals surface area contributed by atoms with Crippen LogP contribution in [-0.4, -0.2) is 47.0 Å². The standard InChI is InChI=1S/C62H46N4O8S/c1-71-49-31-23-43(24-32-49)55(44-25-33-50(72-2)34-26-44)53(39-11-7-5-8-12-39)41-15-19-47(20-16-41)57-59-60(64-75-63-59)58(62(66(69)70)61(57)65(67)68)48-21-17-42(18-22-48)54(40-13-9-6-10-14-40)56(45-27-35-51(73-3)36-28-45)46-29-37-52(74-4)38-30-46/h5-38H,1-4H3. The Labute approximate surface area is 436 Å². The van der Waals surface area contributed by atoms with Gasteiger partial charge in [0.05, 0.1) is 61.1 Å². The summed E-state index contributed by atoms with van der Waals surface area (Å²) in [5, 5.41) is 26.9. The predicted octanol–water partition coefficient (Wildman–Crippen LogP) is 14.9. The molecule has 0 N–H and O–H groups in total. The number of fused-ring (bicyclic) bond motifs is 1. The fourth-order valence-corrected chi connectivity index (χ4v) is 10.1. The van der Waals surface area contributed by atoms with Crippen LogP contribution in [0.25, 0.3) is 55.6 Å². The van der Waals surface area contributed by atoms with Crippen LogP contribution in [0.1, 0.15) is 44.5 Å². The Balaban J connectivity index is 1.14. The molecule has 0 aliphatic rings. The zero-order chi connectivity index (χ0) is 52.0. The van der Waals surface area contributed by atoms with Gasteiger partial charge in [-0.25, -0.2) is 0 Å². The Morgan fingerprint density at radius 1 is 0.347 bits per heavy atom. The van der Waals surface area contributed by atoms with E-state index in [2.05, 4.69) is 8.75 Å². The normalized spacial score (nSPS) is 10.9. The van der Waals surface area contributed by atoms with Crippen molar-refractivity contribution in [3.8, 4) is 45.3 Å². The van der Waals surface area contributed by atoms with E-state index in [0.29, 0.717) is 34.1 Å². The first-order valence-corrected chi connectivity index (χ1v) is 24.4. The topological polar surface area (TPSA) is 149 Å². The van der Waals surface area contributed by atoms with E-state index >= 15 is 0 Å². The first-order chi connectivity index (χ1) is 36.7. The van der Waals surface area contributed by atoms with Gasteiger partial charge in [-0.05, 0) is 126 Å². The van der Waals surface area contributed by atoms with E-state index < -0.39 is 21.2 Å². The van der Waals surface area contributed by atoms with E-state index in [1.54, 1.807) is 52.7 Å². The quantitative estimate of drug-likeness (QED) is 0.0520. The zero-order valence-corrected chi connectivity index (χ0v) is 41.9. The second-order valence-corrected chi connectivity index (χ2v) is 17.8. The van der Waals surface area contributed by atoms with Crippen molar-refractivity contribution in [3.05, 3.63) is 271 Å². The van der Waals surface area contributed by atoms with Crippen LogP contribution in [-0.2, 0) is 0 Å². The Morgan fingerprint density at radius 2 is 0.573 bits per heavy atom. The van der Waals surface area contributed by atoms with Gasteiger partial charge in [-0.1, -0.05) is 158 Å². The first-order valence-electron chi connectivity index (χ1n) is 23.7. The van der Waals surface area contributed by atoms with Gasteiger partial charge in [0.1, 0.15) is 34.0 Å². The van der Waals surface area contributed by atoms with Crippen LogP contribution < -0.4 is 18.9 Å². The molecule has 0 bridgehead atoms. The molecule has 1 aromatic heterocycles. The number of nitrogens with zero attached hydrogens (tertiary/aromatic N) is 4. The van der Waals surface area contributed by atoms with Crippen molar-refractivity contribution in [3.63, 3.8) is 0 Å². The van der Waals surface area contributed by atoms with Crippen molar-refractivity contribution >= 4 is 56.4 Å². The molecule has 0 amide bonds. The molecule has 13 heteroatoms. The number of ether oxygens (including phenoxy) is 4. The third kappa shape index (κ3) is 9.71. The van der Waals surface area contributed by atoms with Gasteiger partial charge in [0, 0.05) is 0 Å². The SMILES string of the molecule is COc1ccc(C(=C(c2ccccc2)c2ccc(-c3c([N+](=O)[O-])c([N+](=O)[O-])c(-c4ccc(C(=C(c5ccc(OC)cc5)c5ccc(OC)cc5)c5ccccc5)cc4)c4nsnc34)cc2)c2ccc(OC)cc2)cc1. The summed E-state index contributed by atoms with van der Waals surface area (Å²) < 4.78 is 31.3. The fourth-order valence-electron chi connectivity index (χ4n) is 9.55. The van der Waals surface area contributed by atoms with Gasteiger partial charge >= 0.3 is 11.4 Å². The Bertz CT molecular complexity index is 3400. The summed E-state index contributed by atoms with van der Waals surface area (Å²) in [7, 11) is 6.49. The highest BCUT2D eigenvalue weighted by atomic mass is 32.1. The van der Waals surface area contributed by atoms with Crippen LogP contribution in [0.15, 0.2) is 206 Å². The number of methoxy groups -OCH3 is 4. The Morgan fingerprint density at radius 3 is 0.800 bits per heavy atom. The van der Waals surface area contributed by atoms with Crippen LogP contribution in [0.3, 0.4) is 0 Å². The van der Waals surface area contributed by atoms with Crippen molar-refractivity contribution in [2.45, 2.75) is 0 Å². The molecule has 12 nitrogen and oxygen atoms in total. The molecule has 0 spiro atoms. The third-order valence-electron chi connectivity index (χ3n) is 13.1. The number of rotatable bonds is 16. The van der Waals surface area contributed by atoms with E-state index in [4.69, 9.17) is 18.9 Å². The van der Waals surface area contributed by atoms with Gasteiger partial charge in [-0.2, -0.15) is 8.75 Å². The van der Waals surface area contributed by atoms with Gasteiger partial charge in [-0.3, -0.25) is 20.2 Å². The first kappa shape index (κ1) is 48.9. The molecule has 0 saturated heterocycles. The summed E-state index contributed by atoms with van der Waals surface area (Å²) in [5.41, 5.74) is 10.3. The lowest BCUT2D eigenvalue weighted by atomic mass is 9.84. The maximum absolute atomic E-state index is 13.5. The molecular formula is C62H46N4O8S. The van der Waals surface area contributed by atoms with Crippen LogP contribution in [0, 0.1) is 20.2 Å². The summed E-state index contributed by atoms with van der Waals surface area (Å²) >= 11 is 0.835. The van der Waals surface area contributed by atoms with Crippen LogP contribution in [0.4, 0.5) is 11.4 Å². The molecule has 0 unspecified atom stereocenters. The molecule has 9 aromatic carbocycles. The summed E-state index contributed by atoms with van der Waals surface area (Å²) in [4.78, 5) is 25.5. The molecule has 75 heavy (non-hydrogen) atoms. The van der Waals surface area contributed by atoms with Crippen LogP contribution in [0.2, 0.25) is 0 Å².